The van der Waals surface area contributed by atoms with Gasteiger partial charge in [-0.3, -0.25) is 10.1 Å². The average Bonchev–Trinajstić information content (AvgIpc) is 3.52. The monoisotopic (exact) mass is 613 g/mol. The lowest BCUT2D eigenvalue weighted by Gasteiger charge is -2.40. The van der Waals surface area contributed by atoms with Crippen molar-refractivity contribution in [2.75, 3.05) is 38.3 Å². The molecule has 0 bridgehead atoms. The Morgan fingerprint density at radius 3 is 2.64 bits per heavy atom. The molecule has 3 aliphatic heterocycles. The predicted molar refractivity (Wildman–Crippen MR) is 155 cm³/mol. The number of anilines is 1. The Morgan fingerprint density at radius 1 is 1.21 bits per heavy atom. The van der Waals surface area contributed by atoms with Crippen LogP contribution in [0, 0.1) is 10.1 Å². The predicted octanol–water partition coefficient (Wildman–Crippen LogP) is 6.50. The van der Waals surface area contributed by atoms with Crippen molar-refractivity contribution in [2.45, 2.75) is 32.2 Å². The van der Waals surface area contributed by atoms with Gasteiger partial charge in [0.2, 0.25) is 7.43 Å². The number of aliphatic imine (C=N–C) groups is 1. The maximum Gasteiger partial charge on any atom is 0.270 e. The first-order valence-corrected chi connectivity index (χ1v) is 15.2. The third-order valence-electron chi connectivity index (χ3n) is 8.03. The minimum absolute atomic E-state index is 0.0148. The number of furan rings is 1. The normalized spacial score (nSPS) is 24.0. The molecule has 0 aliphatic carbocycles. The van der Waals surface area contributed by atoms with E-state index >= 15 is 0 Å². The zero-order chi connectivity index (χ0) is 27.5. The molecule has 4 heterocycles. The summed E-state index contributed by atoms with van der Waals surface area (Å²) in [5.41, 5.74) is 3.57. The van der Waals surface area contributed by atoms with Crippen molar-refractivity contribution in [3.8, 4) is 0 Å². The number of morpholine rings is 1. The van der Waals surface area contributed by atoms with Crippen molar-refractivity contribution >= 4 is 57.3 Å². The summed E-state index contributed by atoms with van der Waals surface area (Å²) in [6, 6.07) is 12.9. The molecule has 39 heavy (non-hydrogen) atoms. The molecule has 0 amide bonds. The molecule has 6 rings (SSSR count). The standard InChI is InChI=1S/C27H29BrN5O5P/c1-17-27(2,3)19-15-25-22(16-23(19)31(17)4)29-26(24-6-5-11-37-24)38-39(25,32-9-12-36-13-10-32)30-21-8-7-18(33(34)35)14-20(21)28/h5-8,11,14-17H,9-10,12-13H2,1-4H3/t17-,39+/m1/s1. The van der Waals surface area contributed by atoms with Crippen LogP contribution in [0.25, 0.3) is 0 Å². The number of fused-ring (bicyclic) bond motifs is 2. The molecule has 0 spiro atoms. The Bertz CT molecular complexity index is 1550. The lowest BCUT2D eigenvalue weighted by molar-refractivity contribution is -0.384. The third-order valence-corrected chi connectivity index (χ3v) is 11.7. The number of likely N-dealkylation sites (N-methyl/N-ethyl adjacent to an activating group) is 1. The van der Waals surface area contributed by atoms with Gasteiger partial charge in [0.25, 0.3) is 11.6 Å². The molecule has 0 radical (unpaired) electrons. The van der Waals surface area contributed by atoms with Gasteiger partial charge in [-0.1, -0.05) is 13.8 Å². The molecular weight excluding hydrogens is 585 g/mol. The first kappa shape index (κ1) is 26.3. The molecule has 0 N–H and O–H groups in total. The summed E-state index contributed by atoms with van der Waals surface area (Å²) in [6.07, 6.45) is 1.59. The summed E-state index contributed by atoms with van der Waals surface area (Å²) < 4.78 is 26.5. The van der Waals surface area contributed by atoms with E-state index in [0.717, 1.165) is 16.7 Å². The summed E-state index contributed by atoms with van der Waals surface area (Å²) >= 11 is 3.53. The molecular formula is C27H29BrN5O5P. The van der Waals surface area contributed by atoms with Crippen LogP contribution in [-0.4, -0.2) is 54.9 Å². The van der Waals surface area contributed by atoms with E-state index in [2.05, 4.69) is 65.5 Å². The summed E-state index contributed by atoms with van der Waals surface area (Å²) in [7, 11) is -0.884. The Kier molecular flexibility index (Phi) is 6.45. The zero-order valence-electron chi connectivity index (χ0n) is 22.1. The number of nitro benzene ring substituents is 1. The second-order valence-electron chi connectivity index (χ2n) is 10.5. The summed E-state index contributed by atoms with van der Waals surface area (Å²) in [5.74, 6) is 0.876. The molecule has 2 aromatic carbocycles. The van der Waals surface area contributed by atoms with E-state index in [1.165, 1.54) is 17.7 Å². The zero-order valence-corrected chi connectivity index (χ0v) is 24.6. The van der Waals surface area contributed by atoms with Crippen LogP contribution in [0.2, 0.25) is 0 Å². The van der Waals surface area contributed by atoms with Gasteiger partial charge < -0.3 is 18.6 Å². The Morgan fingerprint density at radius 2 is 1.97 bits per heavy atom. The van der Waals surface area contributed by atoms with Gasteiger partial charge in [-0.2, -0.15) is 0 Å². The number of hydrogen-bond acceptors (Lipinski definition) is 8. The SMILES string of the molecule is C[C@H]1N(C)c2cc3c(cc2C1(C)C)[P@](=Nc1ccc([N+](=O)[O-])cc1Br)(N1CCOCC1)OC(c1ccco1)=N3. The highest BCUT2D eigenvalue weighted by molar-refractivity contribution is 9.10. The lowest BCUT2D eigenvalue weighted by atomic mass is 9.81. The molecule has 3 aliphatic rings. The van der Waals surface area contributed by atoms with Crippen molar-refractivity contribution in [3.05, 3.63) is 74.6 Å². The second-order valence-corrected chi connectivity index (χ2v) is 13.8. The van der Waals surface area contributed by atoms with Crippen LogP contribution in [0.1, 0.15) is 32.1 Å². The summed E-state index contributed by atoms with van der Waals surface area (Å²) in [6.45, 7) is 9.06. The van der Waals surface area contributed by atoms with Gasteiger partial charge >= 0.3 is 0 Å². The van der Waals surface area contributed by atoms with E-state index in [9.17, 15) is 10.1 Å². The van der Waals surface area contributed by atoms with Crippen LogP contribution >= 0.6 is 23.4 Å². The van der Waals surface area contributed by atoms with Crippen molar-refractivity contribution in [3.63, 3.8) is 0 Å². The minimum Gasteiger partial charge on any atom is -0.459 e. The van der Waals surface area contributed by atoms with Gasteiger partial charge in [-0.15, -0.1) is 0 Å². The molecule has 0 unspecified atom stereocenters. The van der Waals surface area contributed by atoms with Gasteiger partial charge in [0, 0.05) is 49.4 Å². The molecule has 1 aromatic heterocycles. The van der Waals surface area contributed by atoms with E-state index in [1.807, 2.05) is 6.07 Å². The molecule has 0 saturated carbocycles. The maximum atomic E-state index is 11.4. The van der Waals surface area contributed by atoms with Crippen molar-refractivity contribution < 1.29 is 18.6 Å². The highest BCUT2D eigenvalue weighted by Gasteiger charge is 2.46. The topological polar surface area (TPSA) is 106 Å². The van der Waals surface area contributed by atoms with Crippen molar-refractivity contribution in [1.82, 2.24) is 4.67 Å². The van der Waals surface area contributed by atoms with Crippen molar-refractivity contribution in [2.24, 2.45) is 9.74 Å². The van der Waals surface area contributed by atoms with Crippen LogP contribution in [0.5, 0.6) is 0 Å². The molecule has 12 heteroatoms. The molecule has 10 nitrogen and oxygen atoms in total. The quantitative estimate of drug-likeness (QED) is 0.188. The number of halogens is 1. The minimum atomic E-state index is -3.00. The number of ether oxygens (including phenoxy) is 1. The molecule has 204 valence electrons. The largest absolute Gasteiger partial charge is 0.459 e. The summed E-state index contributed by atoms with van der Waals surface area (Å²) in [5, 5.41) is 12.3. The van der Waals surface area contributed by atoms with E-state index in [-0.39, 0.29) is 17.1 Å². The van der Waals surface area contributed by atoms with Gasteiger partial charge in [0.05, 0.1) is 45.6 Å². The van der Waals surface area contributed by atoms with Crippen LogP contribution in [-0.2, 0) is 14.7 Å². The molecule has 3 aromatic rings. The number of rotatable bonds is 4. The van der Waals surface area contributed by atoms with Crippen LogP contribution in [0.15, 0.2) is 67.4 Å². The highest BCUT2D eigenvalue weighted by Crippen LogP contribution is 2.62. The van der Waals surface area contributed by atoms with Crippen molar-refractivity contribution in [1.29, 1.82) is 0 Å². The first-order valence-electron chi connectivity index (χ1n) is 12.8. The fourth-order valence-corrected chi connectivity index (χ4v) is 9.06. The number of nitro groups is 1. The number of hydrogen-bond donors (Lipinski definition) is 0. The van der Waals surface area contributed by atoms with Crippen LogP contribution in [0.4, 0.5) is 22.7 Å². The van der Waals surface area contributed by atoms with E-state index in [0.29, 0.717) is 48.1 Å². The number of benzene rings is 2. The number of non-ortho nitro benzene ring substituents is 1. The van der Waals surface area contributed by atoms with Gasteiger partial charge in [0.1, 0.15) is 0 Å². The summed E-state index contributed by atoms with van der Waals surface area (Å²) in [4.78, 5) is 18.2. The number of nitrogens with zero attached hydrogens (tertiary/aromatic N) is 5. The lowest BCUT2D eigenvalue weighted by Crippen LogP contribution is -2.39. The van der Waals surface area contributed by atoms with E-state index < -0.39 is 12.4 Å². The molecule has 1 saturated heterocycles. The average molecular weight is 614 g/mol. The van der Waals surface area contributed by atoms with E-state index in [4.69, 9.17) is 23.4 Å². The van der Waals surface area contributed by atoms with E-state index in [1.54, 1.807) is 18.4 Å². The second kappa shape index (κ2) is 9.59. The van der Waals surface area contributed by atoms with Gasteiger partial charge in [-0.25, -0.2) is 14.4 Å². The molecule has 1 fully saturated rings. The van der Waals surface area contributed by atoms with Gasteiger partial charge in [0.15, 0.2) is 5.76 Å². The molecule has 2 atom stereocenters. The van der Waals surface area contributed by atoms with Crippen LogP contribution < -0.4 is 10.2 Å². The Hall–Kier alpha value is -2.98. The van der Waals surface area contributed by atoms with Crippen LogP contribution in [0.3, 0.4) is 0 Å². The Balaban J connectivity index is 1.66. The maximum absolute atomic E-state index is 11.4. The van der Waals surface area contributed by atoms with Gasteiger partial charge in [-0.05, 0) is 58.7 Å². The Labute approximate surface area is 235 Å². The fourth-order valence-electron chi connectivity index (χ4n) is 5.42. The smallest absolute Gasteiger partial charge is 0.270 e. The third kappa shape index (κ3) is 4.23. The first-order chi connectivity index (χ1) is 18.6. The highest BCUT2D eigenvalue weighted by atomic mass is 79.9. The fraction of sp³-hybridized carbons (Fsp3) is 0.370.